The van der Waals surface area contributed by atoms with Gasteiger partial charge in [0.1, 0.15) is 0 Å². The van der Waals surface area contributed by atoms with Gasteiger partial charge in [-0.1, -0.05) is 6.42 Å². The average molecular weight is 231 g/mol. The van der Waals surface area contributed by atoms with Crippen LogP contribution in [0.25, 0.3) is 0 Å². The largest absolute Gasteiger partial charge is 0.469 e. The number of hydrogen-bond donors (Lipinski definition) is 1. The van der Waals surface area contributed by atoms with E-state index in [1.54, 1.807) is 0 Å². The fourth-order valence-electron chi connectivity index (χ4n) is 0.660. The summed E-state index contributed by atoms with van der Waals surface area (Å²) in [6.45, 7) is 0.209. The Labute approximate surface area is 89.0 Å². The fraction of sp³-hybridized carbons (Fsp3) is 0.875. The lowest BCUT2D eigenvalue weighted by atomic mass is 10.2. The number of ether oxygens (including phenoxy) is 1. The van der Waals surface area contributed by atoms with Gasteiger partial charge in [-0.05, 0) is 12.8 Å². The standard InChI is InChI=1S/C7H14O3.CH2Cl2/c1-10-7(9)5-3-2-4-6-8;2-1-3/h8H,2-6H2,1H3;1H2. The number of carbonyl (C=O) groups excluding carboxylic acids is 1. The molecular weight excluding hydrogens is 215 g/mol. The molecule has 0 heterocycles. The number of unbranched alkanes of at least 4 members (excludes halogenated alkanes) is 2. The van der Waals surface area contributed by atoms with Gasteiger partial charge in [-0.3, -0.25) is 4.79 Å². The van der Waals surface area contributed by atoms with Crippen molar-refractivity contribution < 1.29 is 14.6 Å². The minimum atomic E-state index is -0.169. The molecule has 0 bridgehead atoms. The summed E-state index contributed by atoms with van der Waals surface area (Å²) in [4.78, 5) is 10.5. The van der Waals surface area contributed by atoms with Crippen molar-refractivity contribution in [1.82, 2.24) is 0 Å². The predicted octanol–water partition coefficient (Wildman–Crippen LogP) is 2.13. The lowest BCUT2D eigenvalue weighted by Crippen LogP contribution is -1.99. The quantitative estimate of drug-likeness (QED) is 0.448. The molecule has 5 heteroatoms. The van der Waals surface area contributed by atoms with Crippen molar-refractivity contribution >= 4 is 29.2 Å². The number of methoxy groups -OCH3 is 1. The van der Waals surface area contributed by atoms with Gasteiger partial charge < -0.3 is 9.84 Å². The zero-order chi connectivity index (χ0) is 10.5. The molecule has 0 unspecified atom stereocenters. The van der Waals surface area contributed by atoms with Crippen LogP contribution in [0.1, 0.15) is 25.7 Å². The number of alkyl halides is 2. The molecule has 0 saturated heterocycles. The van der Waals surface area contributed by atoms with E-state index in [4.69, 9.17) is 28.3 Å². The Hall–Kier alpha value is 0.01000. The van der Waals surface area contributed by atoms with E-state index in [1.165, 1.54) is 7.11 Å². The Morgan fingerprint density at radius 2 is 1.85 bits per heavy atom. The van der Waals surface area contributed by atoms with Crippen LogP contribution >= 0.6 is 23.2 Å². The third-order valence-corrected chi connectivity index (χ3v) is 1.27. The Kier molecular flexibility index (Phi) is 17.3. The van der Waals surface area contributed by atoms with Crippen LogP contribution in [0.5, 0.6) is 0 Å². The molecular formula is C8H16Cl2O3. The van der Waals surface area contributed by atoms with Crippen LogP contribution < -0.4 is 0 Å². The Balaban J connectivity index is 0. The Morgan fingerprint density at radius 1 is 1.31 bits per heavy atom. The summed E-state index contributed by atoms with van der Waals surface area (Å²) < 4.78 is 4.43. The summed E-state index contributed by atoms with van der Waals surface area (Å²) in [5.41, 5.74) is 0. The van der Waals surface area contributed by atoms with Crippen LogP contribution in [0.2, 0.25) is 0 Å². The number of carbonyl (C=O) groups is 1. The summed E-state index contributed by atoms with van der Waals surface area (Å²) in [6, 6.07) is 0. The second-order valence-electron chi connectivity index (χ2n) is 2.21. The molecule has 3 nitrogen and oxygen atoms in total. The minimum absolute atomic E-state index is 0.169. The van der Waals surface area contributed by atoms with Crippen molar-refractivity contribution in [3.05, 3.63) is 0 Å². The van der Waals surface area contributed by atoms with E-state index < -0.39 is 0 Å². The molecule has 0 amide bonds. The maximum Gasteiger partial charge on any atom is 0.305 e. The second kappa shape index (κ2) is 14.5. The van der Waals surface area contributed by atoms with Crippen LogP contribution in [0.4, 0.5) is 0 Å². The number of hydrogen-bond acceptors (Lipinski definition) is 3. The van der Waals surface area contributed by atoms with Gasteiger partial charge in [0.15, 0.2) is 0 Å². The van der Waals surface area contributed by atoms with Gasteiger partial charge in [0.25, 0.3) is 0 Å². The molecule has 0 aliphatic carbocycles. The van der Waals surface area contributed by atoms with Crippen LogP contribution in [0.3, 0.4) is 0 Å². The third kappa shape index (κ3) is 18.8. The number of rotatable bonds is 5. The van der Waals surface area contributed by atoms with Gasteiger partial charge in [0, 0.05) is 13.0 Å². The van der Waals surface area contributed by atoms with Crippen molar-refractivity contribution in [3.8, 4) is 0 Å². The predicted molar refractivity (Wildman–Crippen MR) is 54.1 cm³/mol. The maximum absolute atomic E-state index is 10.5. The third-order valence-electron chi connectivity index (χ3n) is 1.27. The molecule has 0 rings (SSSR count). The van der Waals surface area contributed by atoms with Crippen molar-refractivity contribution in [2.45, 2.75) is 25.7 Å². The Bertz CT molecular complexity index is 110. The van der Waals surface area contributed by atoms with Crippen LogP contribution in [-0.2, 0) is 9.53 Å². The average Bonchev–Trinajstić information content (AvgIpc) is 2.13. The van der Waals surface area contributed by atoms with E-state index in [0.29, 0.717) is 6.42 Å². The van der Waals surface area contributed by atoms with Gasteiger partial charge in [0.05, 0.1) is 12.4 Å². The topological polar surface area (TPSA) is 46.5 Å². The van der Waals surface area contributed by atoms with E-state index in [-0.39, 0.29) is 17.9 Å². The molecule has 0 saturated carbocycles. The molecule has 0 aromatic heterocycles. The first kappa shape index (κ1) is 15.5. The molecule has 0 atom stereocenters. The van der Waals surface area contributed by atoms with Gasteiger partial charge in [0.2, 0.25) is 0 Å². The second-order valence-corrected chi connectivity index (χ2v) is 3.02. The highest BCUT2D eigenvalue weighted by molar-refractivity contribution is 6.40. The van der Waals surface area contributed by atoms with E-state index in [1.807, 2.05) is 0 Å². The van der Waals surface area contributed by atoms with Crippen molar-refractivity contribution in [1.29, 1.82) is 0 Å². The lowest BCUT2D eigenvalue weighted by Gasteiger charge is -1.96. The monoisotopic (exact) mass is 230 g/mol. The van der Waals surface area contributed by atoms with Crippen LogP contribution in [0.15, 0.2) is 0 Å². The first-order chi connectivity index (χ1) is 6.22. The van der Waals surface area contributed by atoms with Gasteiger partial charge in [-0.25, -0.2) is 0 Å². The molecule has 0 spiro atoms. The zero-order valence-electron chi connectivity index (χ0n) is 7.76. The summed E-state index contributed by atoms with van der Waals surface area (Å²) >= 11 is 9.53. The van der Waals surface area contributed by atoms with Crippen molar-refractivity contribution in [3.63, 3.8) is 0 Å². The highest BCUT2D eigenvalue weighted by Gasteiger charge is 1.97. The SMILES string of the molecule is COC(=O)CCCCCO.ClCCl. The minimum Gasteiger partial charge on any atom is -0.469 e. The summed E-state index contributed by atoms with van der Waals surface area (Å²) in [5, 5.41) is 8.57. The van der Waals surface area contributed by atoms with E-state index >= 15 is 0 Å². The highest BCUT2D eigenvalue weighted by Crippen LogP contribution is 1.99. The number of halogens is 2. The number of esters is 1. The molecule has 80 valence electrons. The van der Waals surface area contributed by atoms with E-state index in [0.717, 1.165) is 19.3 Å². The van der Waals surface area contributed by atoms with Gasteiger partial charge in [-0.2, -0.15) is 0 Å². The molecule has 1 N–H and O–H groups in total. The summed E-state index contributed by atoms with van der Waals surface area (Å²) in [6.07, 6.45) is 2.95. The van der Waals surface area contributed by atoms with Crippen molar-refractivity contribution in [2.75, 3.05) is 19.1 Å². The normalized spacial score (nSPS) is 8.62. The van der Waals surface area contributed by atoms with Gasteiger partial charge >= 0.3 is 5.97 Å². The van der Waals surface area contributed by atoms with Crippen LogP contribution in [0, 0.1) is 0 Å². The summed E-state index contributed by atoms with van der Waals surface area (Å²) in [7, 11) is 1.38. The smallest absolute Gasteiger partial charge is 0.305 e. The maximum atomic E-state index is 10.5. The van der Waals surface area contributed by atoms with Crippen molar-refractivity contribution in [2.24, 2.45) is 0 Å². The number of aliphatic hydroxyl groups excluding tert-OH is 1. The zero-order valence-corrected chi connectivity index (χ0v) is 9.27. The lowest BCUT2D eigenvalue weighted by molar-refractivity contribution is -0.140. The molecule has 0 aromatic rings. The first-order valence-electron chi connectivity index (χ1n) is 4.02. The van der Waals surface area contributed by atoms with E-state index in [2.05, 4.69) is 4.74 Å². The molecule has 0 aromatic carbocycles. The van der Waals surface area contributed by atoms with Crippen LogP contribution in [-0.4, -0.2) is 30.1 Å². The highest BCUT2D eigenvalue weighted by atomic mass is 35.5. The molecule has 0 fully saturated rings. The molecule has 0 aliphatic heterocycles. The molecule has 13 heavy (non-hydrogen) atoms. The first-order valence-corrected chi connectivity index (χ1v) is 5.09. The summed E-state index contributed by atoms with van der Waals surface area (Å²) in [5.74, 6) is -0.169. The van der Waals surface area contributed by atoms with Gasteiger partial charge in [-0.15, -0.1) is 23.2 Å². The van der Waals surface area contributed by atoms with E-state index in [9.17, 15) is 4.79 Å². The number of aliphatic hydroxyl groups is 1. The molecule has 0 aliphatic rings. The Morgan fingerprint density at radius 3 is 2.23 bits per heavy atom. The fourth-order valence-corrected chi connectivity index (χ4v) is 0.660. The molecule has 0 radical (unpaired) electrons.